The van der Waals surface area contributed by atoms with Crippen LogP contribution in [0.3, 0.4) is 0 Å². The van der Waals surface area contributed by atoms with Gasteiger partial charge in [-0.2, -0.15) is 10.1 Å². The second kappa shape index (κ2) is 8.42. The lowest BCUT2D eigenvalue weighted by Gasteiger charge is -2.24. The Balaban J connectivity index is 1.50. The third kappa shape index (κ3) is 4.23. The van der Waals surface area contributed by atoms with E-state index < -0.39 is 0 Å². The molecular formula is C19H21Cl2N7O. The fourth-order valence-electron chi connectivity index (χ4n) is 3.42. The van der Waals surface area contributed by atoms with Crippen molar-refractivity contribution in [2.45, 2.75) is 32.7 Å². The minimum Gasteiger partial charge on any atom is -0.340 e. The van der Waals surface area contributed by atoms with Crippen molar-refractivity contribution in [1.29, 1.82) is 0 Å². The molecular weight excluding hydrogens is 413 g/mol. The average Bonchev–Trinajstić information content (AvgIpc) is 3.28. The van der Waals surface area contributed by atoms with Gasteiger partial charge in [0.1, 0.15) is 5.15 Å². The number of aryl methyl sites for hydroxylation is 1. The number of rotatable bonds is 5. The normalized spacial score (nSPS) is 14.2. The molecule has 8 nitrogen and oxygen atoms in total. The summed E-state index contributed by atoms with van der Waals surface area (Å²) < 4.78 is 1.56. The molecule has 1 saturated heterocycles. The molecule has 4 rings (SSSR count). The van der Waals surface area contributed by atoms with Crippen LogP contribution in [0, 0.1) is 6.92 Å². The molecule has 0 aliphatic carbocycles. The molecule has 0 unspecified atom stereocenters. The predicted molar refractivity (Wildman–Crippen MR) is 113 cm³/mol. The summed E-state index contributed by atoms with van der Waals surface area (Å²) in [6, 6.07) is 7.45. The molecule has 0 radical (unpaired) electrons. The molecule has 2 N–H and O–H groups in total. The van der Waals surface area contributed by atoms with Gasteiger partial charge in [-0.15, -0.1) is 5.10 Å². The highest BCUT2D eigenvalue weighted by Crippen LogP contribution is 2.24. The molecule has 1 fully saturated rings. The van der Waals surface area contributed by atoms with Crippen molar-refractivity contribution >= 4 is 41.0 Å². The quantitative estimate of drug-likeness (QED) is 0.636. The number of nitrogens with zero attached hydrogens (tertiary/aromatic N) is 5. The molecule has 1 aromatic carbocycles. The van der Waals surface area contributed by atoms with Crippen LogP contribution >= 0.6 is 23.2 Å². The minimum atomic E-state index is -0.390. The van der Waals surface area contributed by atoms with Crippen LogP contribution in [0.2, 0.25) is 10.2 Å². The van der Waals surface area contributed by atoms with Gasteiger partial charge in [0.25, 0.3) is 5.91 Å². The molecule has 0 spiro atoms. The Hall–Kier alpha value is -2.58. The van der Waals surface area contributed by atoms with E-state index in [0.717, 1.165) is 31.5 Å². The van der Waals surface area contributed by atoms with Crippen LogP contribution in [0.1, 0.15) is 40.9 Å². The first-order chi connectivity index (χ1) is 14.0. The summed E-state index contributed by atoms with van der Waals surface area (Å²) >= 11 is 12.7. The molecule has 0 atom stereocenters. The van der Waals surface area contributed by atoms with Gasteiger partial charge in [0.15, 0.2) is 0 Å². The molecule has 10 heteroatoms. The van der Waals surface area contributed by atoms with Crippen LogP contribution < -0.4 is 10.2 Å². The van der Waals surface area contributed by atoms with Crippen LogP contribution in [0.25, 0.3) is 0 Å². The van der Waals surface area contributed by atoms with Gasteiger partial charge in [0.2, 0.25) is 11.9 Å². The molecule has 0 bridgehead atoms. The number of carbonyl (C=O) groups excluding carboxylic acids is 1. The summed E-state index contributed by atoms with van der Waals surface area (Å²) in [5, 5.41) is 15.0. The van der Waals surface area contributed by atoms with Crippen LogP contribution in [0.15, 0.2) is 24.3 Å². The SMILES string of the molecule is Cc1nn(Cc2ccccc2Cl)c(Cl)c1C(=O)Nc1nc(N2CCCCC2)n[nH]1. The number of benzene rings is 1. The first-order valence-corrected chi connectivity index (χ1v) is 10.2. The zero-order valence-corrected chi connectivity index (χ0v) is 17.5. The third-order valence-corrected chi connectivity index (χ3v) is 5.67. The number of H-pyrrole nitrogens is 1. The highest BCUT2D eigenvalue weighted by atomic mass is 35.5. The number of anilines is 2. The molecule has 29 heavy (non-hydrogen) atoms. The highest BCUT2D eigenvalue weighted by Gasteiger charge is 2.23. The lowest BCUT2D eigenvalue weighted by atomic mass is 10.1. The number of nitrogens with one attached hydrogen (secondary N) is 2. The number of carbonyl (C=O) groups is 1. The van der Waals surface area contributed by atoms with Crippen LogP contribution in [-0.4, -0.2) is 44.0 Å². The highest BCUT2D eigenvalue weighted by molar-refractivity contribution is 6.33. The van der Waals surface area contributed by atoms with Gasteiger partial charge >= 0.3 is 0 Å². The molecule has 3 heterocycles. The van der Waals surface area contributed by atoms with E-state index in [4.69, 9.17) is 23.2 Å². The van der Waals surface area contributed by atoms with Gasteiger partial charge in [-0.1, -0.05) is 41.4 Å². The Bertz CT molecular complexity index is 1020. The van der Waals surface area contributed by atoms with E-state index in [2.05, 4.69) is 30.5 Å². The van der Waals surface area contributed by atoms with E-state index in [1.807, 2.05) is 18.2 Å². The molecule has 0 saturated carbocycles. The van der Waals surface area contributed by atoms with Crippen LogP contribution in [0.5, 0.6) is 0 Å². The number of piperidine rings is 1. The standard InChI is InChI=1S/C19H21Cl2N7O/c1-12-15(16(21)28(26-12)11-13-7-3-4-8-14(13)20)17(29)22-18-23-19(25-24-18)27-9-5-2-6-10-27/h3-4,7-8H,2,5-6,9-11H2,1H3,(H2,22,23,24,25,29). The van der Waals surface area contributed by atoms with Gasteiger partial charge < -0.3 is 4.90 Å². The van der Waals surface area contributed by atoms with Crippen LogP contribution in [-0.2, 0) is 6.54 Å². The van der Waals surface area contributed by atoms with Crippen molar-refractivity contribution in [2.75, 3.05) is 23.3 Å². The number of hydrogen-bond acceptors (Lipinski definition) is 5. The largest absolute Gasteiger partial charge is 0.340 e. The number of hydrogen-bond donors (Lipinski definition) is 2. The third-order valence-electron chi connectivity index (χ3n) is 4.91. The Morgan fingerprint density at radius 3 is 2.72 bits per heavy atom. The van der Waals surface area contributed by atoms with Gasteiger partial charge in [0.05, 0.1) is 17.8 Å². The molecule has 2 aromatic heterocycles. The van der Waals surface area contributed by atoms with E-state index in [0.29, 0.717) is 28.8 Å². The van der Waals surface area contributed by atoms with E-state index in [9.17, 15) is 4.79 Å². The fraction of sp³-hybridized carbons (Fsp3) is 0.368. The van der Waals surface area contributed by atoms with Crippen LogP contribution in [0.4, 0.5) is 11.9 Å². The molecule has 1 aliphatic heterocycles. The zero-order chi connectivity index (χ0) is 20.4. The predicted octanol–water partition coefficient (Wildman–Crippen LogP) is 3.91. The van der Waals surface area contributed by atoms with Crippen molar-refractivity contribution in [3.05, 3.63) is 51.3 Å². The maximum absolute atomic E-state index is 12.8. The lowest BCUT2D eigenvalue weighted by molar-refractivity contribution is 0.102. The lowest BCUT2D eigenvalue weighted by Crippen LogP contribution is -2.30. The van der Waals surface area contributed by atoms with Gasteiger partial charge in [-0.25, -0.2) is 9.78 Å². The van der Waals surface area contributed by atoms with Crippen molar-refractivity contribution in [3.63, 3.8) is 0 Å². The minimum absolute atomic E-state index is 0.246. The average molecular weight is 434 g/mol. The maximum atomic E-state index is 12.8. The van der Waals surface area contributed by atoms with E-state index in [1.54, 1.807) is 17.7 Å². The summed E-state index contributed by atoms with van der Waals surface area (Å²) in [6.07, 6.45) is 3.46. The van der Waals surface area contributed by atoms with E-state index in [-0.39, 0.29) is 17.0 Å². The van der Waals surface area contributed by atoms with Gasteiger partial charge in [-0.3, -0.25) is 10.1 Å². The maximum Gasteiger partial charge on any atom is 0.263 e. The number of amides is 1. The Kier molecular flexibility index (Phi) is 5.73. The van der Waals surface area contributed by atoms with Crippen molar-refractivity contribution in [3.8, 4) is 0 Å². The van der Waals surface area contributed by atoms with Crippen molar-refractivity contribution in [2.24, 2.45) is 0 Å². The Morgan fingerprint density at radius 1 is 1.21 bits per heavy atom. The topological polar surface area (TPSA) is 91.7 Å². The second-order valence-electron chi connectivity index (χ2n) is 6.99. The summed E-state index contributed by atoms with van der Waals surface area (Å²) in [7, 11) is 0. The first kappa shape index (κ1) is 19.7. The van der Waals surface area contributed by atoms with Crippen molar-refractivity contribution in [1.82, 2.24) is 25.0 Å². The summed E-state index contributed by atoms with van der Waals surface area (Å²) in [5.41, 5.74) is 1.69. The van der Waals surface area contributed by atoms with Gasteiger partial charge in [-0.05, 0) is 37.8 Å². The second-order valence-corrected chi connectivity index (χ2v) is 7.75. The Morgan fingerprint density at radius 2 is 1.97 bits per heavy atom. The number of aromatic amines is 1. The van der Waals surface area contributed by atoms with E-state index >= 15 is 0 Å². The monoisotopic (exact) mass is 433 g/mol. The number of halogens is 2. The molecule has 1 aliphatic rings. The molecule has 3 aromatic rings. The van der Waals surface area contributed by atoms with Gasteiger partial charge in [0, 0.05) is 18.1 Å². The fourth-order valence-corrected chi connectivity index (χ4v) is 3.93. The smallest absolute Gasteiger partial charge is 0.263 e. The van der Waals surface area contributed by atoms with E-state index in [1.165, 1.54) is 6.42 Å². The summed E-state index contributed by atoms with van der Waals surface area (Å²) in [4.78, 5) is 19.3. The summed E-state index contributed by atoms with van der Waals surface area (Å²) in [5.74, 6) is 0.487. The molecule has 152 valence electrons. The number of aromatic nitrogens is 5. The zero-order valence-electron chi connectivity index (χ0n) is 16.0. The first-order valence-electron chi connectivity index (χ1n) is 9.48. The molecule has 1 amide bonds. The Labute approximate surface area is 178 Å². The van der Waals surface area contributed by atoms with Crippen molar-refractivity contribution < 1.29 is 4.79 Å². The summed E-state index contributed by atoms with van der Waals surface area (Å²) in [6.45, 7) is 3.95.